The summed E-state index contributed by atoms with van der Waals surface area (Å²) in [4.78, 5) is 17.0. The van der Waals surface area contributed by atoms with Crippen LogP contribution in [0, 0.1) is 5.82 Å². The third kappa shape index (κ3) is 3.02. The summed E-state index contributed by atoms with van der Waals surface area (Å²) in [6.07, 6.45) is 1.78. The average Bonchev–Trinajstić information content (AvgIpc) is 2.87. The molecule has 0 atom stereocenters. The number of halogens is 3. The largest absolute Gasteiger partial charge is 0.319 e. The van der Waals surface area contributed by atoms with Crippen molar-refractivity contribution in [2.24, 2.45) is 0 Å². The molecule has 0 saturated carbocycles. The molecule has 4 nitrogen and oxygen atoms in total. The van der Waals surface area contributed by atoms with E-state index in [9.17, 15) is 9.18 Å². The number of aromatic nitrogens is 2. The molecule has 3 aromatic rings. The number of hydrogen-bond donors (Lipinski definition) is 1. The first-order valence-electron chi connectivity index (χ1n) is 6.92. The van der Waals surface area contributed by atoms with Crippen molar-refractivity contribution in [1.29, 1.82) is 0 Å². The molecule has 1 N–H and O–H groups in total. The number of carbonyl (C=O) groups is 1. The van der Waals surface area contributed by atoms with Crippen LogP contribution in [0.15, 0.2) is 36.5 Å². The van der Waals surface area contributed by atoms with Crippen molar-refractivity contribution in [3.63, 3.8) is 0 Å². The predicted molar refractivity (Wildman–Crippen MR) is 88.9 cm³/mol. The standard InChI is InChI=1S/C16H12Cl2FN3O/c1-2-12-15(22-8-10(19)4-6-14(22)20-12)16(23)21-13-5-3-9(17)7-11(13)18/h3-8H,2H2,1H3,(H,21,23). The minimum absolute atomic E-state index is 0.285. The molecule has 0 aliphatic heterocycles. The fourth-order valence-electron chi connectivity index (χ4n) is 2.33. The maximum Gasteiger partial charge on any atom is 0.274 e. The average molecular weight is 352 g/mol. The van der Waals surface area contributed by atoms with E-state index >= 15 is 0 Å². The Kier molecular flexibility index (Phi) is 4.24. The van der Waals surface area contributed by atoms with E-state index < -0.39 is 11.7 Å². The maximum atomic E-state index is 13.5. The maximum absolute atomic E-state index is 13.5. The minimum Gasteiger partial charge on any atom is -0.319 e. The van der Waals surface area contributed by atoms with Crippen LogP contribution < -0.4 is 5.32 Å². The number of pyridine rings is 1. The van der Waals surface area contributed by atoms with E-state index in [4.69, 9.17) is 23.2 Å². The van der Waals surface area contributed by atoms with Gasteiger partial charge in [0.2, 0.25) is 0 Å². The van der Waals surface area contributed by atoms with E-state index in [0.717, 1.165) is 0 Å². The van der Waals surface area contributed by atoms with Gasteiger partial charge in [0.1, 0.15) is 17.2 Å². The van der Waals surface area contributed by atoms with E-state index in [0.29, 0.717) is 33.5 Å². The lowest BCUT2D eigenvalue weighted by atomic mass is 10.2. The second-order valence-electron chi connectivity index (χ2n) is 4.91. The lowest BCUT2D eigenvalue weighted by molar-refractivity contribution is 0.102. The molecular formula is C16H12Cl2FN3O. The van der Waals surface area contributed by atoms with Gasteiger partial charge in [-0.05, 0) is 36.8 Å². The lowest BCUT2D eigenvalue weighted by Crippen LogP contribution is -2.16. The Morgan fingerprint density at radius 3 is 2.78 bits per heavy atom. The molecule has 0 saturated heterocycles. The molecule has 0 spiro atoms. The molecular weight excluding hydrogens is 340 g/mol. The van der Waals surface area contributed by atoms with Gasteiger partial charge in [0.15, 0.2) is 0 Å². The second-order valence-corrected chi connectivity index (χ2v) is 5.76. The van der Waals surface area contributed by atoms with Gasteiger partial charge in [-0.2, -0.15) is 0 Å². The number of rotatable bonds is 3. The molecule has 0 fully saturated rings. The number of nitrogens with one attached hydrogen (secondary N) is 1. The molecule has 0 aliphatic carbocycles. The Bertz CT molecular complexity index is 908. The molecule has 7 heteroatoms. The van der Waals surface area contributed by atoms with Crippen LogP contribution in [-0.2, 0) is 6.42 Å². The van der Waals surface area contributed by atoms with Gasteiger partial charge in [-0.3, -0.25) is 9.20 Å². The molecule has 2 heterocycles. The van der Waals surface area contributed by atoms with Crippen LogP contribution >= 0.6 is 23.2 Å². The normalized spacial score (nSPS) is 11.0. The highest BCUT2D eigenvalue weighted by atomic mass is 35.5. The first-order valence-corrected chi connectivity index (χ1v) is 7.68. The number of imidazole rings is 1. The Morgan fingerprint density at radius 1 is 1.30 bits per heavy atom. The molecule has 1 amide bonds. The molecule has 3 rings (SSSR count). The summed E-state index contributed by atoms with van der Waals surface area (Å²) in [6.45, 7) is 1.88. The van der Waals surface area contributed by atoms with Gasteiger partial charge in [-0.1, -0.05) is 30.1 Å². The monoisotopic (exact) mass is 351 g/mol. The number of benzene rings is 1. The summed E-state index contributed by atoms with van der Waals surface area (Å²) in [5, 5.41) is 3.51. The summed E-state index contributed by atoms with van der Waals surface area (Å²) in [5.41, 5.74) is 1.80. The van der Waals surface area contributed by atoms with Crippen LogP contribution in [0.5, 0.6) is 0 Å². The van der Waals surface area contributed by atoms with Crippen molar-refractivity contribution in [3.05, 3.63) is 63.8 Å². The molecule has 118 valence electrons. The number of anilines is 1. The third-order valence-corrected chi connectivity index (χ3v) is 3.93. The number of hydrogen-bond acceptors (Lipinski definition) is 2. The smallest absolute Gasteiger partial charge is 0.274 e. The highest BCUT2D eigenvalue weighted by Crippen LogP contribution is 2.26. The molecule has 0 unspecified atom stereocenters. The molecule has 0 bridgehead atoms. The zero-order valence-corrected chi connectivity index (χ0v) is 13.6. The van der Waals surface area contributed by atoms with Crippen molar-refractivity contribution in [2.75, 3.05) is 5.32 Å². The second kappa shape index (κ2) is 6.18. The van der Waals surface area contributed by atoms with Crippen LogP contribution in [-0.4, -0.2) is 15.3 Å². The fourth-order valence-corrected chi connectivity index (χ4v) is 2.78. The van der Waals surface area contributed by atoms with Crippen LogP contribution in [0.4, 0.5) is 10.1 Å². The highest BCUT2D eigenvalue weighted by molar-refractivity contribution is 6.36. The van der Waals surface area contributed by atoms with E-state index in [2.05, 4.69) is 10.3 Å². The molecule has 1 aromatic carbocycles. The zero-order chi connectivity index (χ0) is 16.6. The third-order valence-electron chi connectivity index (χ3n) is 3.38. The topological polar surface area (TPSA) is 46.4 Å². The first kappa shape index (κ1) is 15.8. The predicted octanol–water partition coefficient (Wildman–Crippen LogP) is 4.59. The van der Waals surface area contributed by atoms with Crippen molar-refractivity contribution < 1.29 is 9.18 Å². The summed E-state index contributed by atoms with van der Waals surface area (Å²) in [7, 11) is 0. The number of aryl methyl sites for hydroxylation is 1. The van der Waals surface area contributed by atoms with E-state index in [-0.39, 0.29) is 5.69 Å². The summed E-state index contributed by atoms with van der Waals surface area (Å²) in [6, 6.07) is 7.60. The number of nitrogens with zero attached hydrogens (tertiary/aromatic N) is 2. The summed E-state index contributed by atoms with van der Waals surface area (Å²) in [5.74, 6) is -0.861. The van der Waals surface area contributed by atoms with Crippen molar-refractivity contribution in [2.45, 2.75) is 13.3 Å². The zero-order valence-electron chi connectivity index (χ0n) is 12.1. The van der Waals surface area contributed by atoms with Crippen LogP contribution in [0.1, 0.15) is 23.1 Å². The Balaban J connectivity index is 2.04. The van der Waals surface area contributed by atoms with Crippen molar-refractivity contribution in [3.8, 4) is 0 Å². The van der Waals surface area contributed by atoms with Gasteiger partial charge in [-0.15, -0.1) is 0 Å². The van der Waals surface area contributed by atoms with E-state index in [1.54, 1.807) is 12.1 Å². The molecule has 2 aromatic heterocycles. The fraction of sp³-hybridized carbons (Fsp3) is 0.125. The van der Waals surface area contributed by atoms with Crippen molar-refractivity contribution in [1.82, 2.24) is 9.38 Å². The molecule has 23 heavy (non-hydrogen) atoms. The Morgan fingerprint density at radius 2 is 2.09 bits per heavy atom. The van der Waals surface area contributed by atoms with Gasteiger partial charge in [0.05, 0.1) is 16.4 Å². The van der Waals surface area contributed by atoms with Gasteiger partial charge in [0, 0.05) is 11.2 Å². The van der Waals surface area contributed by atoms with Gasteiger partial charge < -0.3 is 5.32 Å². The van der Waals surface area contributed by atoms with Gasteiger partial charge in [0.25, 0.3) is 5.91 Å². The van der Waals surface area contributed by atoms with Gasteiger partial charge >= 0.3 is 0 Å². The van der Waals surface area contributed by atoms with Crippen LogP contribution in [0.2, 0.25) is 10.0 Å². The molecule has 0 aliphatic rings. The van der Waals surface area contributed by atoms with E-state index in [1.165, 1.54) is 28.8 Å². The number of amides is 1. The first-order chi connectivity index (χ1) is 11.0. The summed E-state index contributed by atoms with van der Waals surface area (Å²) >= 11 is 11.9. The Hall–Kier alpha value is -2.11. The number of carbonyl (C=O) groups excluding carboxylic acids is 1. The Labute approximate surface area is 141 Å². The minimum atomic E-state index is -0.448. The van der Waals surface area contributed by atoms with Crippen LogP contribution in [0.3, 0.4) is 0 Å². The summed E-state index contributed by atoms with van der Waals surface area (Å²) < 4.78 is 15.0. The molecule has 0 radical (unpaired) electrons. The number of fused-ring (bicyclic) bond motifs is 1. The van der Waals surface area contributed by atoms with Crippen LogP contribution in [0.25, 0.3) is 5.65 Å². The quantitative estimate of drug-likeness (QED) is 0.749. The van der Waals surface area contributed by atoms with Crippen molar-refractivity contribution >= 4 is 40.4 Å². The lowest BCUT2D eigenvalue weighted by Gasteiger charge is -2.08. The van der Waals surface area contributed by atoms with E-state index in [1.807, 2.05) is 6.92 Å². The highest BCUT2D eigenvalue weighted by Gasteiger charge is 2.19. The van der Waals surface area contributed by atoms with Gasteiger partial charge in [-0.25, -0.2) is 9.37 Å². The SMILES string of the molecule is CCc1nc2ccc(F)cn2c1C(=O)Nc1ccc(Cl)cc1Cl.